The third-order valence-corrected chi connectivity index (χ3v) is 5.55. The normalized spacial score (nSPS) is 19.1. The summed E-state index contributed by atoms with van der Waals surface area (Å²) in [6.45, 7) is 7.17. The second-order valence-electron chi connectivity index (χ2n) is 7.90. The van der Waals surface area contributed by atoms with E-state index >= 15 is 0 Å². The zero-order chi connectivity index (χ0) is 20.5. The number of piperidine rings is 1. The molecule has 1 spiro atoms. The van der Waals surface area contributed by atoms with Crippen LogP contribution in [0, 0.1) is 5.92 Å². The molecule has 0 unspecified atom stereocenters. The molecular weight excluding hydrogens is 360 g/mol. The molecule has 1 aromatic rings. The second-order valence-corrected chi connectivity index (χ2v) is 7.90. The fourth-order valence-electron chi connectivity index (χ4n) is 4.05. The minimum atomic E-state index is -0.869. The Bertz CT molecular complexity index is 771. The number of pyridine rings is 1. The first-order chi connectivity index (χ1) is 13.3. The molecule has 0 aliphatic carbocycles. The number of imide groups is 1. The third kappa shape index (κ3) is 3.55. The van der Waals surface area contributed by atoms with Gasteiger partial charge in [0.2, 0.25) is 5.91 Å². The first-order valence-corrected chi connectivity index (χ1v) is 9.66. The minimum absolute atomic E-state index is 0.000492. The van der Waals surface area contributed by atoms with Crippen LogP contribution < -0.4 is 4.74 Å². The predicted octanol–water partition coefficient (Wildman–Crippen LogP) is 1.89. The highest BCUT2D eigenvalue weighted by atomic mass is 16.5. The molecule has 152 valence electrons. The third-order valence-electron chi connectivity index (χ3n) is 5.55. The van der Waals surface area contributed by atoms with Crippen LogP contribution in [-0.4, -0.2) is 69.8 Å². The molecule has 4 amide bonds. The highest BCUT2D eigenvalue weighted by molar-refractivity contribution is 6.07. The van der Waals surface area contributed by atoms with Gasteiger partial charge in [-0.05, 0) is 24.8 Å². The van der Waals surface area contributed by atoms with Gasteiger partial charge in [-0.15, -0.1) is 0 Å². The molecule has 0 aromatic carbocycles. The van der Waals surface area contributed by atoms with Crippen molar-refractivity contribution in [2.75, 3.05) is 26.7 Å². The van der Waals surface area contributed by atoms with Crippen LogP contribution in [0.2, 0.25) is 0 Å². The fraction of sp³-hybridized carbons (Fsp3) is 0.600. The molecule has 3 rings (SSSR count). The molecule has 2 aliphatic heterocycles. The molecule has 28 heavy (non-hydrogen) atoms. The van der Waals surface area contributed by atoms with Crippen LogP contribution in [0.4, 0.5) is 4.79 Å². The molecule has 3 heterocycles. The SMILES string of the molecule is COc1ccnc(CN2C(=O)N(CC(C)C)C3(CCN(C(C)=O)CC3)C2=O)c1. The summed E-state index contributed by atoms with van der Waals surface area (Å²) in [4.78, 5) is 47.3. The summed E-state index contributed by atoms with van der Waals surface area (Å²) < 4.78 is 5.21. The first-order valence-electron chi connectivity index (χ1n) is 9.66. The molecule has 0 N–H and O–H groups in total. The fourth-order valence-corrected chi connectivity index (χ4v) is 4.05. The van der Waals surface area contributed by atoms with Gasteiger partial charge in [-0.25, -0.2) is 4.79 Å². The maximum absolute atomic E-state index is 13.4. The van der Waals surface area contributed by atoms with Gasteiger partial charge in [0.15, 0.2) is 0 Å². The second kappa shape index (κ2) is 7.77. The number of methoxy groups -OCH3 is 1. The summed E-state index contributed by atoms with van der Waals surface area (Å²) in [6.07, 6.45) is 2.53. The van der Waals surface area contributed by atoms with Crippen molar-refractivity contribution >= 4 is 17.8 Å². The summed E-state index contributed by atoms with van der Waals surface area (Å²) in [5.74, 6) is 0.674. The van der Waals surface area contributed by atoms with E-state index in [0.717, 1.165) is 0 Å². The van der Waals surface area contributed by atoms with Crippen LogP contribution in [-0.2, 0) is 16.1 Å². The van der Waals surface area contributed by atoms with Gasteiger partial charge in [0.25, 0.3) is 5.91 Å². The summed E-state index contributed by atoms with van der Waals surface area (Å²) in [5.41, 5.74) is -0.268. The number of carbonyl (C=O) groups is 3. The van der Waals surface area contributed by atoms with Gasteiger partial charge in [-0.1, -0.05) is 13.8 Å². The lowest BCUT2D eigenvalue weighted by molar-refractivity contribution is -0.140. The summed E-state index contributed by atoms with van der Waals surface area (Å²) >= 11 is 0. The van der Waals surface area contributed by atoms with Crippen molar-refractivity contribution in [2.24, 2.45) is 5.92 Å². The van der Waals surface area contributed by atoms with Crippen LogP contribution in [0.15, 0.2) is 18.3 Å². The minimum Gasteiger partial charge on any atom is -0.497 e. The quantitative estimate of drug-likeness (QED) is 0.720. The number of urea groups is 1. The van der Waals surface area contributed by atoms with Crippen LogP contribution in [0.3, 0.4) is 0 Å². The number of aromatic nitrogens is 1. The Balaban J connectivity index is 1.88. The lowest BCUT2D eigenvalue weighted by Gasteiger charge is -2.42. The van der Waals surface area contributed by atoms with Crippen molar-refractivity contribution in [1.82, 2.24) is 19.7 Å². The van der Waals surface area contributed by atoms with E-state index in [4.69, 9.17) is 4.74 Å². The Hall–Kier alpha value is -2.64. The molecule has 0 radical (unpaired) electrons. The van der Waals surface area contributed by atoms with Crippen molar-refractivity contribution in [2.45, 2.75) is 45.7 Å². The maximum Gasteiger partial charge on any atom is 0.328 e. The summed E-state index contributed by atoms with van der Waals surface area (Å²) in [5, 5.41) is 0. The number of amides is 4. The lowest BCUT2D eigenvalue weighted by atomic mass is 9.85. The zero-order valence-electron chi connectivity index (χ0n) is 17.0. The number of hydrogen-bond acceptors (Lipinski definition) is 5. The Morgan fingerprint density at radius 3 is 2.54 bits per heavy atom. The number of rotatable bonds is 5. The van der Waals surface area contributed by atoms with E-state index in [1.807, 2.05) is 13.8 Å². The van der Waals surface area contributed by atoms with E-state index in [1.54, 1.807) is 35.2 Å². The molecule has 2 saturated heterocycles. The molecule has 0 bridgehead atoms. The zero-order valence-corrected chi connectivity index (χ0v) is 17.0. The van der Waals surface area contributed by atoms with Crippen molar-refractivity contribution in [3.8, 4) is 5.75 Å². The molecule has 0 atom stereocenters. The molecule has 8 nitrogen and oxygen atoms in total. The maximum atomic E-state index is 13.4. The van der Waals surface area contributed by atoms with Gasteiger partial charge >= 0.3 is 6.03 Å². The van der Waals surface area contributed by atoms with Gasteiger partial charge in [-0.2, -0.15) is 0 Å². The van der Waals surface area contributed by atoms with Gasteiger partial charge in [0.05, 0.1) is 19.3 Å². The van der Waals surface area contributed by atoms with Crippen LogP contribution in [0.1, 0.15) is 39.3 Å². The molecule has 0 saturated carbocycles. The Labute approximate surface area is 165 Å². The van der Waals surface area contributed by atoms with E-state index in [1.165, 1.54) is 11.8 Å². The van der Waals surface area contributed by atoms with Crippen molar-refractivity contribution in [3.63, 3.8) is 0 Å². The largest absolute Gasteiger partial charge is 0.497 e. The average Bonchev–Trinajstić information content (AvgIpc) is 2.85. The molecule has 2 fully saturated rings. The van der Waals surface area contributed by atoms with E-state index in [9.17, 15) is 14.4 Å². The summed E-state index contributed by atoms with van der Waals surface area (Å²) in [7, 11) is 1.56. The highest BCUT2D eigenvalue weighted by Gasteiger charge is 2.58. The van der Waals surface area contributed by atoms with E-state index in [0.29, 0.717) is 43.9 Å². The van der Waals surface area contributed by atoms with E-state index in [2.05, 4.69) is 4.98 Å². The van der Waals surface area contributed by atoms with Crippen LogP contribution in [0.25, 0.3) is 0 Å². The Kier molecular flexibility index (Phi) is 5.58. The molecule has 8 heteroatoms. The molecule has 1 aromatic heterocycles. The van der Waals surface area contributed by atoms with Crippen LogP contribution >= 0.6 is 0 Å². The van der Waals surface area contributed by atoms with E-state index < -0.39 is 5.54 Å². The Morgan fingerprint density at radius 2 is 1.96 bits per heavy atom. The highest BCUT2D eigenvalue weighted by Crippen LogP contribution is 2.38. The van der Waals surface area contributed by atoms with E-state index in [-0.39, 0.29) is 30.3 Å². The monoisotopic (exact) mass is 388 g/mol. The Morgan fingerprint density at radius 1 is 1.29 bits per heavy atom. The van der Waals surface area contributed by atoms with Crippen molar-refractivity contribution in [3.05, 3.63) is 24.0 Å². The molecular formula is C20H28N4O4. The molecule has 2 aliphatic rings. The first kappa shape index (κ1) is 20.1. The number of nitrogens with zero attached hydrogens (tertiary/aromatic N) is 4. The van der Waals surface area contributed by atoms with Crippen LogP contribution in [0.5, 0.6) is 5.75 Å². The summed E-state index contributed by atoms with van der Waals surface area (Å²) in [6, 6.07) is 3.18. The smallest absolute Gasteiger partial charge is 0.328 e. The van der Waals surface area contributed by atoms with Gasteiger partial charge in [0.1, 0.15) is 11.3 Å². The standard InChI is InChI=1S/C20H28N4O4/c1-14(2)12-24-19(27)23(13-16-11-17(28-4)5-8-21-16)18(26)20(24)6-9-22(10-7-20)15(3)25/h5,8,11,14H,6-7,9-10,12-13H2,1-4H3. The van der Waals surface area contributed by atoms with Crippen molar-refractivity contribution in [1.29, 1.82) is 0 Å². The van der Waals surface area contributed by atoms with Gasteiger partial charge < -0.3 is 14.5 Å². The number of carbonyl (C=O) groups excluding carboxylic acids is 3. The van der Waals surface area contributed by atoms with Crippen molar-refractivity contribution < 1.29 is 19.1 Å². The average molecular weight is 388 g/mol. The number of likely N-dealkylation sites (tertiary alicyclic amines) is 1. The van der Waals surface area contributed by atoms with Gasteiger partial charge in [0, 0.05) is 38.8 Å². The topological polar surface area (TPSA) is 83.1 Å². The lowest BCUT2D eigenvalue weighted by Crippen LogP contribution is -2.57. The number of ether oxygens (including phenoxy) is 1. The predicted molar refractivity (Wildman–Crippen MR) is 102 cm³/mol. The van der Waals surface area contributed by atoms with Gasteiger partial charge in [-0.3, -0.25) is 19.5 Å². The number of hydrogen-bond donors (Lipinski definition) is 0.